The smallest absolute Gasteiger partial charge is 0.340 e. The molecule has 0 aromatic rings. The van der Waals surface area contributed by atoms with Gasteiger partial charge in [-0.15, -0.1) is 0 Å². The van der Waals surface area contributed by atoms with Crippen molar-refractivity contribution in [1.29, 1.82) is 5.26 Å². The van der Waals surface area contributed by atoms with Crippen LogP contribution in [0.2, 0.25) is 0 Å². The highest BCUT2D eigenvalue weighted by Crippen LogP contribution is 2.41. The van der Waals surface area contributed by atoms with E-state index in [9.17, 15) is 18.0 Å². The van der Waals surface area contributed by atoms with Gasteiger partial charge in [0, 0.05) is 5.92 Å². The summed E-state index contributed by atoms with van der Waals surface area (Å²) in [6.45, 7) is 1.86. The van der Waals surface area contributed by atoms with E-state index >= 15 is 0 Å². The number of amides is 1. The normalized spacial score (nSPS) is 25.4. The summed E-state index contributed by atoms with van der Waals surface area (Å²) in [7, 11) is 0. The van der Waals surface area contributed by atoms with Gasteiger partial charge in [-0.25, -0.2) is 0 Å². The van der Waals surface area contributed by atoms with Crippen LogP contribution in [-0.2, 0) is 4.79 Å². The van der Waals surface area contributed by atoms with Gasteiger partial charge in [0.15, 0.2) is 0 Å². The molecule has 1 aliphatic carbocycles. The Bertz CT molecular complexity index is 349. The average Bonchev–Trinajstić information content (AvgIpc) is 2.37. The van der Waals surface area contributed by atoms with E-state index in [1.54, 1.807) is 0 Å². The fourth-order valence-electron chi connectivity index (χ4n) is 2.57. The summed E-state index contributed by atoms with van der Waals surface area (Å²) in [5.74, 6) is -3.23. The van der Waals surface area contributed by atoms with E-state index < -0.39 is 30.0 Å². The largest absolute Gasteiger partial charge is 0.392 e. The third kappa shape index (κ3) is 4.41. The summed E-state index contributed by atoms with van der Waals surface area (Å²) in [5.41, 5.74) is 0. The number of nitriles is 1. The number of carbonyl (C=O) groups excluding carboxylic acids is 1. The van der Waals surface area contributed by atoms with E-state index in [0.29, 0.717) is 25.7 Å². The second-order valence-electron chi connectivity index (χ2n) is 5.02. The monoisotopic (exact) mass is 276 g/mol. The molecule has 3 nitrogen and oxygen atoms in total. The van der Waals surface area contributed by atoms with Crippen LogP contribution in [0, 0.1) is 23.2 Å². The molecule has 1 fully saturated rings. The summed E-state index contributed by atoms with van der Waals surface area (Å²) < 4.78 is 38.6. The van der Waals surface area contributed by atoms with Crippen molar-refractivity contribution in [2.24, 2.45) is 11.8 Å². The fraction of sp³-hybridized carbons (Fsp3) is 0.846. The van der Waals surface area contributed by atoms with Gasteiger partial charge in [-0.2, -0.15) is 18.4 Å². The second kappa shape index (κ2) is 6.78. The molecule has 3 unspecified atom stereocenters. The zero-order chi connectivity index (χ0) is 14.5. The van der Waals surface area contributed by atoms with Gasteiger partial charge in [-0.1, -0.05) is 26.2 Å². The van der Waals surface area contributed by atoms with Crippen molar-refractivity contribution in [3.8, 4) is 6.07 Å². The maximum atomic E-state index is 12.9. The standard InChI is InChI=1S/C13H19F3N2O/c1-2-5-9(8-17)18-12(19)10-6-3-4-7-11(10)13(14,15)16/h9-11H,2-7H2,1H3,(H,18,19). The van der Waals surface area contributed by atoms with Crippen molar-refractivity contribution in [1.82, 2.24) is 5.32 Å². The third-order valence-electron chi connectivity index (χ3n) is 3.57. The Kier molecular flexibility index (Phi) is 5.64. The van der Waals surface area contributed by atoms with Crippen LogP contribution in [-0.4, -0.2) is 18.1 Å². The molecule has 0 saturated heterocycles. The number of nitrogens with zero attached hydrogens (tertiary/aromatic N) is 1. The van der Waals surface area contributed by atoms with E-state index in [2.05, 4.69) is 5.32 Å². The first-order valence-electron chi connectivity index (χ1n) is 6.66. The minimum atomic E-state index is -4.34. The van der Waals surface area contributed by atoms with Crippen LogP contribution in [0.4, 0.5) is 13.2 Å². The number of carbonyl (C=O) groups is 1. The Morgan fingerprint density at radius 2 is 2.05 bits per heavy atom. The molecular formula is C13H19F3N2O. The maximum absolute atomic E-state index is 12.9. The maximum Gasteiger partial charge on any atom is 0.392 e. The molecule has 19 heavy (non-hydrogen) atoms. The molecule has 0 spiro atoms. The molecule has 1 amide bonds. The summed E-state index contributed by atoms with van der Waals surface area (Å²) in [6.07, 6.45) is -1.78. The van der Waals surface area contributed by atoms with Crippen LogP contribution in [0.1, 0.15) is 45.4 Å². The molecule has 0 aromatic carbocycles. The predicted octanol–water partition coefficient (Wildman–Crippen LogP) is 3.16. The van der Waals surface area contributed by atoms with Gasteiger partial charge in [0.2, 0.25) is 5.91 Å². The van der Waals surface area contributed by atoms with Crippen LogP contribution >= 0.6 is 0 Å². The molecule has 0 radical (unpaired) electrons. The molecule has 108 valence electrons. The molecule has 6 heteroatoms. The lowest BCUT2D eigenvalue weighted by Crippen LogP contribution is -2.45. The molecule has 1 saturated carbocycles. The minimum Gasteiger partial charge on any atom is -0.340 e. The van der Waals surface area contributed by atoms with Crippen LogP contribution in [0.15, 0.2) is 0 Å². The van der Waals surface area contributed by atoms with Crippen LogP contribution in [0.5, 0.6) is 0 Å². The number of hydrogen-bond acceptors (Lipinski definition) is 2. The van der Waals surface area contributed by atoms with Gasteiger partial charge >= 0.3 is 6.18 Å². The summed E-state index contributed by atoms with van der Waals surface area (Å²) in [4.78, 5) is 11.9. The lowest BCUT2D eigenvalue weighted by molar-refractivity contribution is -0.198. The van der Waals surface area contributed by atoms with Crippen molar-refractivity contribution in [2.75, 3.05) is 0 Å². The molecule has 0 bridgehead atoms. The minimum absolute atomic E-state index is 0.00653. The van der Waals surface area contributed by atoms with Gasteiger partial charge in [0.1, 0.15) is 6.04 Å². The van der Waals surface area contributed by atoms with Crippen molar-refractivity contribution in [3.05, 3.63) is 0 Å². The highest BCUT2D eigenvalue weighted by atomic mass is 19.4. The molecule has 1 aliphatic rings. The molecule has 0 aliphatic heterocycles. The van der Waals surface area contributed by atoms with Crippen molar-refractivity contribution in [3.63, 3.8) is 0 Å². The van der Waals surface area contributed by atoms with Gasteiger partial charge in [0.25, 0.3) is 0 Å². The number of rotatable bonds is 4. The first kappa shape index (κ1) is 15.8. The van der Waals surface area contributed by atoms with E-state index in [1.807, 2.05) is 13.0 Å². The van der Waals surface area contributed by atoms with Crippen molar-refractivity contribution >= 4 is 5.91 Å². The van der Waals surface area contributed by atoms with E-state index in [1.165, 1.54) is 0 Å². The van der Waals surface area contributed by atoms with E-state index in [-0.39, 0.29) is 12.8 Å². The number of hydrogen-bond donors (Lipinski definition) is 1. The van der Waals surface area contributed by atoms with Crippen LogP contribution < -0.4 is 5.32 Å². The quantitative estimate of drug-likeness (QED) is 0.857. The molecule has 1 rings (SSSR count). The van der Waals surface area contributed by atoms with Gasteiger partial charge < -0.3 is 5.32 Å². The summed E-state index contributed by atoms with van der Waals surface area (Å²) in [5, 5.41) is 11.3. The SMILES string of the molecule is CCCC(C#N)NC(=O)C1CCCCC1C(F)(F)F. The number of alkyl halides is 3. The van der Waals surface area contributed by atoms with E-state index in [4.69, 9.17) is 5.26 Å². The fourth-order valence-corrected chi connectivity index (χ4v) is 2.57. The van der Waals surface area contributed by atoms with Gasteiger partial charge in [-0.3, -0.25) is 4.79 Å². The Morgan fingerprint density at radius 1 is 1.42 bits per heavy atom. The van der Waals surface area contributed by atoms with Gasteiger partial charge in [-0.05, 0) is 19.3 Å². The number of nitrogens with one attached hydrogen (secondary N) is 1. The van der Waals surface area contributed by atoms with Crippen molar-refractivity contribution < 1.29 is 18.0 Å². The van der Waals surface area contributed by atoms with Crippen molar-refractivity contribution in [2.45, 2.75) is 57.7 Å². The predicted molar refractivity (Wildman–Crippen MR) is 64.0 cm³/mol. The Hall–Kier alpha value is -1.25. The van der Waals surface area contributed by atoms with E-state index in [0.717, 1.165) is 0 Å². The Morgan fingerprint density at radius 3 is 2.58 bits per heavy atom. The van der Waals surface area contributed by atoms with Crippen LogP contribution in [0.3, 0.4) is 0 Å². The molecular weight excluding hydrogens is 257 g/mol. The van der Waals surface area contributed by atoms with Crippen LogP contribution in [0.25, 0.3) is 0 Å². The zero-order valence-corrected chi connectivity index (χ0v) is 11.0. The lowest BCUT2D eigenvalue weighted by atomic mass is 9.78. The first-order valence-corrected chi connectivity index (χ1v) is 6.66. The summed E-state index contributed by atoms with van der Waals surface area (Å²) >= 11 is 0. The third-order valence-corrected chi connectivity index (χ3v) is 3.57. The topological polar surface area (TPSA) is 52.9 Å². The highest BCUT2D eigenvalue weighted by Gasteiger charge is 2.48. The Labute approximate surface area is 111 Å². The zero-order valence-electron chi connectivity index (χ0n) is 11.0. The molecule has 0 heterocycles. The second-order valence-corrected chi connectivity index (χ2v) is 5.02. The number of halogens is 3. The molecule has 3 atom stereocenters. The average molecular weight is 276 g/mol. The van der Waals surface area contributed by atoms with Gasteiger partial charge in [0.05, 0.1) is 12.0 Å². The first-order chi connectivity index (χ1) is 8.90. The Balaban J connectivity index is 2.70. The molecule has 0 aromatic heterocycles. The molecule has 1 N–H and O–H groups in total. The lowest BCUT2D eigenvalue weighted by Gasteiger charge is -2.32. The summed E-state index contributed by atoms with van der Waals surface area (Å²) in [6, 6.07) is 1.23. The highest BCUT2D eigenvalue weighted by molar-refractivity contribution is 5.79.